The number of nitro groups is 1. The zero-order valence-electron chi connectivity index (χ0n) is 11.8. The van der Waals surface area contributed by atoms with Gasteiger partial charge in [-0.15, -0.1) is 0 Å². The first-order chi connectivity index (χ1) is 9.99. The molecule has 0 aromatic heterocycles. The van der Waals surface area contributed by atoms with E-state index < -0.39 is 11.0 Å². The van der Waals surface area contributed by atoms with Crippen LogP contribution in [0.4, 0.5) is 5.69 Å². The highest BCUT2D eigenvalue weighted by Crippen LogP contribution is 2.29. The van der Waals surface area contributed by atoms with Crippen LogP contribution in [-0.4, -0.2) is 40.5 Å². The Bertz CT molecular complexity index is 538. The summed E-state index contributed by atoms with van der Waals surface area (Å²) in [5.41, 5.74) is 0.183. The monoisotopic (exact) mass is 294 g/mol. The lowest BCUT2D eigenvalue weighted by Gasteiger charge is -2.17. The molecule has 0 saturated carbocycles. The van der Waals surface area contributed by atoms with Gasteiger partial charge < -0.3 is 14.7 Å². The van der Waals surface area contributed by atoms with Crippen molar-refractivity contribution < 1.29 is 19.6 Å². The number of nitrogens with zero attached hydrogens (tertiary/aromatic N) is 2. The van der Waals surface area contributed by atoms with Crippen molar-refractivity contribution in [2.24, 2.45) is 0 Å². The first kappa shape index (κ1) is 15.2. The largest absolute Gasteiger partial charge is 0.483 e. The van der Waals surface area contributed by atoms with Gasteiger partial charge in [-0.2, -0.15) is 0 Å². The SMILES string of the molecule is CC(O)c1cc([N+](=O)[O-])ccc1OCC(=O)N1CCCC1. The molecule has 114 valence electrons. The molecule has 1 aromatic carbocycles. The Hall–Kier alpha value is -2.15. The Kier molecular flexibility index (Phi) is 4.74. The average molecular weight is 294 g/mol. The van der Waals surface area contributed by atoms with Crippen molar-refractivity contribution in [2.45, 2.75) is 25.9 Å². The number of likely N-dealkylation sites (tertiary alicyclic amines) is 1. The molecule has 7 nitrogen and oxygen atoms in total. The summed E-state index contributed by atoms with van der Waals surface area (Å²) in [6, 6.07) is 3.97. The van der Waals surface area contributed by atoms with Gasteiger partial charge >= 0.3 is 0 Å². The molecule has 1 unspecified atom stereocenters. The first-order valence-corrected chi connectivity index (χ1v) is 6.86. The van der Waals surface area contributed by atoms with Crippen LogP contribution in [0.15, 0.2) is 18.2 Å². The molecule has 0 radical (unpaired) electrons. The number of hydrogen-bond donors (Lipinski definition) is 1. The number of amides is 1. The topological polar surface area (TPSA) is 92.9 Å². The van der Waals surface area contributed by atoms with E-state index >= 15 is 0 Å². The lowest BCUT2D eigenvalue weighted by molar-refractivity contribution is -0.385. The van der Waals surface area contributed by atoms with Crippen LogP contribution in [0.2, 0.25) is 0 Å². The van der Waals surface area contributed by atoms with E-state index in [9.17, 15) is 20.0 Å². The maximum absolute atomic E-state index is 11.9. The fourth-order valence-electron chi connectivity index (χ4n) is 2.30. The highest BCUT2D eigenvalue weighted by molar-refractivity contribution is 5.78. The zero-order valence-corrected chi connectivity index (χ0v) is 11.8. The van der Waals surface area contributed by atoms with Gasteiger partial charge in [-0.3, -0.25) is 14.9 Å². The maximum Gasteiger partial charge on any atom is 0.270 e. The van der Waals surface area contributed by atoms with E-state index in [0.29, 0.717) is 11.3 Å². The van der Waals surface area contributed by atoms with Crippen LogP contribution >= 0.6 is 0 Å². The Morgan fingerprint density at radius 2 is 2.14 bits per heavy atom. The van der Waals surface area contributed by atoms with E-state index in [1.54, 1.807) is 4.90 Å². The molecule has 7 heteroatoms. The summed E-state index contributed by atoms with van der Waals surface area (Å²) < 4.78 is 5.43. The molecule has 0 bridgehead atoms. The third-order valence-corrected chi connectivity index (χ3v) is 3.46. The second kappa shape index (κ2) is 6.53. The second-order valence-corrected chi connectivity index (χ2v) is 5.03. The molecule has 1 amide bonds. The quantitative estimate of drug-likeness (QED) is 0.658. The first-order valence-electron chi connectivity index (χ1n) is 6.86. The molecule has 2 rings (SSSR count). The lowest BCUT2D eigenvalue weighted by Crippen LogP contribution is -2.32. The predicted octanol–water partition coefficient (Wildman–Crippen LogP) is 1.65. The summed E-state index contributed by atoms with van der Waals surface area (Å²) in [5.74, 6) is 0.186. The zero-order chi connectivity index (χ0) is 15.4. The molecule has 21 heavy (non-hydrogen) atoms. The van der Waals surface area contributed by atoms with E-state index in [-0.39, 0.29) is 18.2 Å². The average Bonchev–Trinajstić information content (AvgIpc) is 2.98. The van der Waals surface area contributed by atoms with Gasteiger partial charge in [0.05, 0.1) is 11.0 Å². The summed E-state index contributed by atoms with van der Waals surface area (Å²) in [5, 5.41) is 20.4. The molecule has 1 fully saturated rings. The van der Waals surface area contributed by atoms with Gasteiger partial charge in [-0.05, 0) is 25.8 Å². The van der Waals surface area contributed by atoms with Gasteiger partial charge in [0.25, 0.3) is 11.6 Å². The molecule has 1 N–H and O–H groups in total. The van der Waals surface area contributed by atoms with Crippen LogP contribution in [0.3, 0.4) is 0 Å². The molecule has 1 heterocycles. The van der Waals surface area contributed by atoms with Gasteiger partial charge in [0, 0.05) is 30.8 Å². The fraction of sp³-hybridized carbons (Fsp3) is 0.500. The smallest absolute Gasteiger partial charge is 0.270 e. The molecule has 1 aromatic rings. The minimum atomic E-state index is -0.915. The van der Waals surface area contributed by atoms with Crippen LogP contribution in [-0.2, 0) is 4.79 Å². The summed E-state index contributed by atoms with van der Waals surface area (Å²) in [7, 11) is 0. The van der Waals surface area contributed by atoms with Crippen LogP contribution < -0.4 is 4.74 Å². The van der Waals surface area contributed by atoms with Crippen LogP contribution in [0.1, 0.15) is 31.4 Å². The van der Waals surface area contributed by atoms with Gasteiger partial charge in [0.2, 0.25) is 0 Å². The van der Waals surface area contributed by atoms with E-state index in [2.05, 4.69) is 0 Å². The van der Waals surface area contributed by atoms with Crippen molar-refractivity contribution in [2.75, 3.05) is 19.7 Å². The Balaban J connectivity index is 2.08. The molecule has 0 aliphatic carbocycles. The summed E-state index contributed by atoms with van der Waals surface area (Å²) in [4.78, 5) is 23.8. The number of carbonyl (C=O) groups is 1. The highest BCUT2D eigenvalue weighted by atomic mass is 16.6. The third-order valence-electron chi connectivity index (χ3n) is 3.46. The van der Waals surface area contributed by atoms with Gasteiger partial charge in [0.1, 0.15) is 5.75 Å². The minimum Gasteiger partial charge on any atom is -0.483 e. The third kappa shape index (κ3) is 3.69. The number of non-ortho nitro benzene ring substituents is 1. The number of rotatable bonds is 5. The maximum atomic E-state index is 11.9. The molecular weight excluding hydrogens is 276 g/mol. The predicted molar refractivity (Wildman–Crippen MR) is 75.0 cm³/mol. The molecule has 0 spiro atoms. The molecule has 1 aliphatic heterocycles. The number of nitro benzene ring substituents is 1. The summed E-state index contributed by atoms with van der Waals surface area (Å²) in [6.07, 6.45) is 1.09. The normalized spacial score (nSPS) is 15.8. The van der Waals surface area contributed by atoms with E-state index in [1.807, 2.05) is 0 Å². The fourth-order valence-corrected chi connectivity index (χ4v) is 2.30. The second-order valence-electron chi connectivity index (χ2n) is 5.03. The van der Waals surface area contributed by atoms with Crippen molar-refractivity contribution in [3.05, 3.63) is 33.9 Å². The minimum absolute atomic E-state index is 0.109. The van der Waals surface area contributed by atoms with E-state index in [0.717, 1.165) is 25.9 Å². The van der Waals surface area contributed by atoms with Crippen LogP contribution in [0.5, 0.6) is 5.75 Å². The Morgan fingerprint density at radius 1 is 1.48 bits per heavy atom. The van der Waals surface area contributed by atoms with Crippen LogP contribution in [0.25, 0.3) is 0 Å². The van der Waals surface area contributed by atoms with Gasteiger partial charge in [-0.1, -0.05) is 0 Å². The van der Waals surface area contributed by atoms with Crippen molar-refractivity contribution >= 4 is 11.6 Å². The van der Waals surface area contributed by atoms with Crippen molar-refractivity contribution in [3.63, 3.8) is 0 Å². The van der Waals surface area contributed by atoms with Gasteiger partial charge in [0.15, 0.2) is 6.61 Å². The number of carbonyl (C=O) groups excluding carboxylic acids is 1. The Labute approximate surface area is 122 Å². The van der Waals surface area contributed by atoms with Gasteiger partial charge in [-0.25, -0.2) is 0 Å². The standard InChI is InChI=1S/C14H18N2O5/c1-10(17)12-8-11(16(19)20)4-5-13(12)21-9-14(18)15-6-2-3-7-15/h4-5,8,10,17H,2-3,6-7,9H2,1H3. The highest BCUT2D eigenvalue weighted by Gasteiger charge is 2.20. The molecule has 1 atom stereocenters. The lowest BCUT2D eigenvalue weighted by atomic mass is 10.1. The molecular formula is C14H18N2O5. The van der Waals surface area contributed by atoms with E-state index in [4.69, 9.17) is 4.74 Å². The number of aliphatic hydroxyl groups excluding tert-OH is 1. The molecule has 1 aliphatic rings. The number of ether oxygens (including phenoxy) is 1. The number of hydrogen-bond acceptors (Lipinski definition) is 5. The number of aliphatic hydroxyl groups is 1. The van der Waals surface area contributed by atoms with Crippen molar-refractivity contribution in [1.29, 1.82) is 0 Å². The Morgan fingerprint density at radius 3 is 2.71 bits per heavy atom. The van der Waals surface area contributed by atoms with Crippen molar-refractivity contribution in [1.82, 2.24) is 4.90 Å². The summed E-state index contributed by atoms with van der Waals surface area (Å²) in [6.45, 7) is 2.85. The molecule has 1 saturated heterocycles. The number of benzene rings is 1. The van der Waals surface area contributed by atoms with Crippen LogP contribution in [0, 0.1) is 10.1 Å². The van der Waals surface area contributed by atoms with Crippen molar-refractivity contribution in [3.8, 4) is 5.75 Å². The summed E-state index contributed by atoms with van der Waals surface area (Å²) >= 11 is 0. The van der Waals surface area contributed by atoms with E-state index in [1.165, 1.54) is 25.1 Å².